The monoisotopic (exact) mass is 369 g/mol. The number of rotatable bonds is 3. The Hall–Kier alpha value is -2.74. The Morgan fingerprint density at radius 3 is 2.69 bits per heavy atom. The molecule has 1 amide bonds. The molecule has 4 heterocycles. The third kappa shape index (κ3) is 2.96. The number of likely N-dealkylation sites (tertiary alicyclic amines) is 1. The van der Waals surface area contributed by atoms with Gasteiger partial charge in [-0.05, 0) is 25.3 Å². The molecule has 3 aromatic rings. The van der Waals surface area contributed by atoms with Crippen molar-refractivity contribution in [3.05, 3.63) is 29.4 Å². The van der Waals surface area contributed by atoms with Crippen LogP contribution in [0.1, 0.15) is 28.9 Å². The van der Waals surface area contributed by atoms with Crippen molar-refractivity contribution >= 4 is 33.3 Å². The van der Waals surface area contributed by atoms with Crippen LogP contribution < -0.4 is 10.5 Å². The minimum atomic E-state index is -0.0142. The highest BCUT2D eigenvalue weighted by Gasteiger charge is 2.24. The number of carbonyl (C=O) groups is 1. The number of nitrogens with zero attached hydrogens (tertiary/aromatic N) is 4. The summed E-state index contributed by atoms with van der Waals surface area (Å²) in [5.41, 5.74) is 8.73. The van der Waals surface area contributed by atoms with Crippen molar-refractivity contribution < 1.29 is 9.53 Å². The molecule has 0 atom stereocenters. The number of pyridine rings is 1. The van der Waals surface area contributed by atoms with Gasteiger partial charge in [0, 0.05) is 30.9 Å². The molecule has 1 aliphatic heterocycles. The first kappa shape index (κ1) is 16.7. The van der Waals surface area contributed by atoms with Crippen LogP contribution in [0, 0.1) is 0 Å². The lowest BCUT2D eigenvalue weighted by molar-refractivity contribution is 0.0730. The molecule has 4 rings (SSSR count). The van der Waals surface area contributed by atoms with Gasteiger partial charge in [0.25, 0.3) is 5.91 Å². The van der Waals surface area contributed by atoms with E-state index in [2.05, 4.69) is 15.0 Å². The van der Waals surface area contributed by atoms with Crippen molar-refractivity contribution in [3.63, 3.8) is 0 Å². The Bertz CT molecular complexity index is 948. The van der Waals surface area contributed by atoms with Gasteiger partial charge in [-0.15, -0.1) is 11.3 Å². The zero-order chi connectivity index (χ0) is 18.1. The first-order chi connectivity index (χ1) is 12.7. The normalized spacial score (nSPS) is 14.6. The summed E-state index contributed by atoms with van der Waals surface area (Å²) in [6, 6.07) is 3.65. The van der Waals surface area contributed by atoms with Gasteiger partial charge in [0.2, 0.25) is 5.88 Å². The maximum Gasteiger partial charge on any atom is 0.266 e. The van der Waals surface area contributed by atoms with Crippen LogP contribution in [0.25, 0.3) is 21.6 Å². The number of methoxy groups -OCH3 is 1. The Morgan fingerprint density at radius 2 is 2.00 bits per heavy atom. The number of carbonyl (C=O) groups excluding carboxylic acids is 1. The number of amides is 1. The molecule has 0 aromatic carbocycles. The van der Waals surface area contributed by atoms with E-state index in [4.69, 9.17) is 10.5 Å². The van der Waals surface area contributed by atoms with Crippen LogP contribution in [-0.4, -0.2) is 46.0 Å². The van der Waals surface area contributed by atoms with E-state index < -0.39 is 0 Å². The Kier molecular flexibility index (Phi) is 4.42. The summed E-state index contributed by atoms with van der Waals surface area (Å²) in [5, 5.41) is 0. The number of anilines is 1. The summed E-state index contributed by atoms with van der Waals surface area (Å²) in [6.45, 7) is 1.58. The standard InChI is InChI=1S/C18H19N5O2S/c1-25-13-6-5-11(9-20-13)12-10-21-15-14(19)16(26-17(15)22-12)18(24)23-7-3-2-4-8-23/h5-6,9-10H,2-4,7-8,19H2,1H3. The van der Waals surface area contributed by atoms with Crippen molar-refractivity contribution in [1.82, 2.24) is 19.9 Å². The van der Waals surface area contributed by atoms with Gasteiger partial charge in [0.15, 0.2) is 0 Å². The van der Waals surface area contributed by atoms with Crippen LogP contribution in [-0.2, 0) is 0 Å². The lowest BCUT2D eigenvalue weighted by Crippen LogP contribution is -2.35. The second-order valence-electron chi connectivity index (χ2n) is 6.20. The van der Waals surface area contributed by atoms with Gasteiger partial charge >= 0.3 is 0 Å². The summed E-state index contributed by atoms with van der Waals surface area (Å²) < 4.78 is 5.07. The number of fused-ring (bicyclic) bond motifs is 1. The lowest BCUT2D eigenvalue weighted by Gasteiger charge is -2.26. The van der Waals surface area contributed by atoms with Crippen LogP contribution in [0.2, 0.25) is 0 Å². The predicted octanol–water partition coefficient (Wildman–Crippen LogP) is 2.97. The topological polar surface area (TPSA) is 94.2 Å². The van der Waals surface area contributed by atoms with Crippen molar-refractivity contribution in [2.24, 2.45) is 0 Å². The molecule has 0 bridgehead atoms. The minimum Gasteiger partial charge on any atom is -0.481 e. The smallest absolute Gasteiger partial charge is 0.266 e. The Morgan fingerprint density at radius 1 is 1.19 bits per heavy atom. The maximum atomic E-state index is 12.8. The molecule has 2 N–H and O–H groups in total. The molecule has 8 heteroatoms. The first-order valence-electron chi connectivity index (χ1n) is 8.52. The summed E-state index contributed by atoms with van der Waals surface area (Å²) >= 11 is 1.31. The van der Waals surface area contributed by atoms with Crippen LogP contribution >= 0.6 is 11.3 Å². The Balaban J connectivity index is 1.69. The maximum absolute atomic E-state index is 12.8. The van der Waals surface area contributed by atoms with E-state index in [0.29, 0.717) is 32.5 Å². The van der Waals surface area contributed by atoms with Gasteiger partial charge in [0.05, 0.1) is 24.7 Å². The van der Waals surface area contributed by atoms with Crippen LogP contribution in [0.3, 0.4) is 0 Å². The fourth-order valence-electron chi connectivity index (χ4n) is 3.08. The number of nitrogen functional groups attached to an aromatic ring is 1. The van der Waals surface area contributed by atoms with E-state index in [-0.39, 0.29) is 5.91 Å². The number of hydrogen-bond acceptors (Lipinski definition) is 7. The average Bonchev–Trinajstić information content (AvgIpc) is 3.04. The number of thiophene rings is 1. The number of aromatic nitrogens is 3. The van der Waals surface area contributed by atoms with E-state index in [1.54, 1.807) is 25.6 Å². The number of piperidine rings is 1. The zero-order valence-corrected chi connectivity index (χ0v) is 15.3. The van der Waals surface area contributed by atoms with Gasteiger partial charge in [-0.25, -0.2) is 15.0 Å². The van der Waals surface area contributed by atoms with Crippen molar-refractivity contribution in [2.45, 2.75) is 19.3 Å². The minimum absolute atomic E-state index is 0.0142. The fraction of sp³-hybridized carbons (Fsp3) is 0.333. The number of hydrogen-bond donors (Lipinski definition) is 1. The molecule has 0 spiro atoms. The van der Waals surface area contributed by atoms with Crippen molar-refractivity contribution in [1.29, 1.82) is 0 Å². The molecule has 0 aliphatic carbocycles. The molecule has 7 nitrogen and oxygen atoms in total. The highest BCUT2D eigenvalue weighted by Crippen LogP contribution is 2.33. The largest absolute Gasteiger partial charge is 0.481 e. The van der Waals surface area contributed by atoms with E-state index in [1.165, 1.54) is 17.8 Å². The molecule has 0 radical (unpaired) electrons. The third-order valence-corrected chi connectivity index (χ3v) is 5.59. The Labute approximate surface area is 154 Å². The van der Waals surface area contributed by atoms with Gasteiger partial charge in [-0.1, -0.05) is 0 Å². The van der Waals surface area contributed by atoms with Gasteiger partial charge in [-0.2, -0.15) is 0 Å². The van der Waals surface area contributed by atoms with Crippen LogP contribution in [0.15, 0.2) is 24.5 Å². The summed E-state index contributed by atoms with van der Waals surface area (Å²) in [5.74, 6) is 0.525. The number of ether oxygens (including phenoxy) is 1. The van der Waals surface area contributed by atoms with Crippen LogP contribution in [0.4, 0.5) is 5.69 Å². The van der Waals surface area contributed by atoms with Gasteiger partial charge < -0.3 is 15.4 Å². The second-order valence-corrected chi connectivity index (χ2v) is 7.20. The second kappa shape index (κ2) is 6.87. The van der Waals surface area contributed by atoms with E-state index in [1.807, 2.05) is 11.0 Å². The molecular formula is C18H19N5O2S. The molecule has 0 saturated carbocycles. The summed E-state index contributed by atoms with van der Waals surface area (Å²) in [4.78, 5) is 29.1. The van der Waals surface area contributed by atoms with Crippen molar-refractivity contribution in [2.75, 3.05) is 25.9 Å². The van der Waals surface area contributed by atoms with Crippen molar-refractivity contribution in [3.8, 4) is 17.1 Å². The molecule has 134 valence electrons. The highest BCUT2D eigenvalue weighted by molar-refractivity contribution is 7.21. The van der Waals surface area contributed by atoms with Gasteiger partial charge in [-0.3, -0.25) is 4.79 Å². The zero-order valence-electron chi connectivity index (χ0n) is 14.4. The molecule has 1 fully saturated rings. The lowest BCUT2D eigenvalue weighted by atomic mass is 10.1. The van der Waals surface area contributed by atoms with E-state index in [0.717, 1.165) is 31.5 Å². The fourth-order valence-corrected chi connectivity index (χ4v) is 4.10. The van der Waals surface area contributed by atoms with E-state index >= 15 is 0 Å². The highest BCUT2D eigenvalue weighted by atomic mass is 32.1. The molecule has 3 aromatic heterocycles. The van der Waals surface area contributed by atoms with Crippen LogP contribution in [0.5, 0.6) is 5.88 Å². The third-order valence-electron chi connectivity index (χ3n) is 4.52. The first-order valence-corrected chi connectivity index (χ1v) is 9.33. The molecule has 1 aliphatic rings. The summed E-state index contributed by atoms with van der Waals surface area (Å²) in [6.07, 6.45) is 6.60. The van der Waals surface area contributed by atoms with E-state index in [9.17, 15) is 4.79 Å². The molecule has 0 unspecified atom stereocenters. The average molecular weight is 369 g/mol. The summed E-state index contributed by atoms with van der Waals surface area (Å²) in [7, 11) is 1.57. The van der Waals surface area contributed by atoms with Gasteiger partial charge in [0.1, 0.15) is 15.2 Å². The predicted molar refractivity (Wildman–Crippen MR) is 101 cm³/mol. The number of nitrogens with two attached hydrogens (primary N) is 1. The molecule has 26 heavy (non-hydrogen) atoms. The SMILES string of the molecule is COc1ccc(-c2cnc3c(N)c(C(=O)N4CCCCC4)sc3n2)cn1. The molecule has 1 saturated heterocycles. The molecular weight excluding hydrogens is 350 g/mol. The quantitative estimate of drug-likeness (QED) is 0.763.